The van der Waals surface area contributed by atoms with E-state index in [9.17, 15) is 9.59 Å². The quantitative estimate of drug-likeness (QED) is 0.796. The molecule has 2 aliphatic heterocycles. The summed E-state index contributed by atoms with van der Waals surface area (Å²) in [6.07, 6.45) is 2.62. The minimum atomic E-state index is -1.41. The number of ether oxygens (including phenoxy) is 3. The van der Waals surface area contributed by atoms with Crippen LogP contribution in [0.5, 0.6) is 0 Å². The maximum Gasteiger partial charge on any atom is 0.337 e. The van der Waals surface area contributed by atoms with Crippen molar-refractivity contribution in [1.29, 1.82) is 0 Å². The first kappa shape index (κ1) is 16.0. The van der Waals surface area contributed by atoms with E-state index in [2.05, 4.69) is 6.92 Å². The summed E-state index contributed by atoms with van der Waals surface area (Å²) < 4.78 is 16.3. The predicted octanol–water partition coefficient (Wildman–Crippen LogP) is 2.21. The molecule has 2 aliphatic rings. The Bertz CT molecular complexity index is 621. The lowest BCUT2D eigenvalue weighted by Crippen LogP contribution is -2.47. The molecule has 6 nitrogen and oxygen atoms in total. The van der Waals surface area contributed by atoms with Crippen LogP contribution in [0, 0.1) is 0 Å². The van der Waals surface area contributed by atoms with Gasteiger partial charge in [-0.1, -0.05) is 13.3 Å². The van der Waals surface area contributed by atoms with E-state index in [0.29, 0.717) is 30.9 Å². The van der Waals surface area contributed by atoms with Gasteiger partial charge in [0, 0.05) is 12.1 Å². The Hall–Kier alpha value is -1.92. The van der Waals surface area contributed by atoms with Crippen LogP contribution >= 0.6 is 0 Å². The number of carbonyl (C=O) groups is 2. The maximum absolute atomic E-state index is 13.0. The highest BCUT2D eigenvalue weighted by Gasteiger charge is 2.54. The molecule has 0 atom stereocenters. The fraction of sp³-hybridized carbons (Fsp3) is 0.529. The highest BCUT2D eigenvalue weighted by atomic mass is 16.7. The smallest absolute Gasteiger partial charge is 0.337 e. The van der Waals surface area contributed by atoms with Crippen LogP contribution in [-0.4, -0.2) is 38.7 Å². The lowest BCUT2D eigenvalue weighted by Gasteiger charge is -2.32. The fourth-order valence-corrected chi connectivity index (χ4v) is 3.03. The molecule has 0 radical (unpaired) electrons. The van der Waals surface area contributed by atoms with E-state index < -0.39 is 11.8 Å². The van der Waals surface area contributed by atoms with Crippen LogP contribution in [0.15, 0.2) is 18.2 Å². The normalized spacial score (nSPS) is 19.0. The van der Waals surface area contributed by atoms with Gasteiger partial charge in [-0.2, -0.15) is 0 Å². The number of rotatable bonds is 4. The third kappa shape index (κ3) is 2.52. The topological polar surface area (TPSA) is 65.1 Å². The molecule has 0 aromatic heterocycles. The molecular weight excluding hydrogens is 298 g/mol. The summed E-state index contributed by atoms with van der Waals surface area (Å²) in [5.74, 6) is -2.06. The number of carbonyl (C=O) groups excluding carboxylic acids is 2. The molecule has 2 heterocycles. The van der Waals surface area contributed by atoms with Gasteiger partial charge in [0.25, 0.3) is 11.7 Å². The highest BCUT2D eigenvalue weighted by Crippen LogP contribution is 2.45. The summed E-state index contributed by atoms with van der Waals surface area (Å²) in [6.45, 7) is 3.59. The summed E-state index contributed by atoms with van der Waals surface area (Å²) in [5, 5.41) is 0. The average molecular weight is 319 g/mol. The summed E-state index contributed by atoms with van der Waals surface area (Å²) in [7, 11) is 1.33. The molecule has 3 rings (SSSR count). The Balaban J connectivity index is 2.07. The largest absolute Gasteiger partial charge is 0.465 e. The van der Waals surface area contributed by atoms with Crippen molar-refractivity contribution in [2.45, 2.75) is 32.0 Å². The molecule has 1 saturated heterocycles. The summed E-state index contributed by atoms with van der Waals surface area (Å²) in [4.78, 5) is 26.5. The zero-order chi connectivity index (χ0) is 16.4. The summed E-state index contributed by atoms with van der Waals surface area (Å²) >= 11 is 0. The number of anilines is 1. The number of fused-ring (bicyclic) bond motifs is 2. The molecule has 1 aromatic rings. The van der Waals surface area contributed by atoms with Gasteiger partial charge in [-0.15, -0.1) is 0 Å². The van der Waals surface area contributed by atoms with Gasteiger partial charge in [-0.05, 0) is 31.0 Å². The van der Waals surface area contributed by atoms with Gasteiger partial charge >= 0.3 is 5.97 Å². The van der Waals surface area contributed by atoms with E-state index in [-0.39, 0.29) is 5.91 Å². The summed E-state index contributed by atoms with van der Waals surface area (Å²) in [5.41, 5.74) is 1.73. The molecule has 0 N–H and O–H groups in total. The zero-order valence-electron chi connectivity index (χ0n) is 13.5. The second kappa shape index (κ2) is 6.29. The lowest BCUT2D eigenvalue weighted by molar-refractivity contribution is -0.256. The van der Waals surface area contributed by atoms with Gasteiger partial charge in [-0.25, -0.2) is 4.79 Å². The molecule has 0 aliphatic carbocycles. The minimum absolute atomic E-state index is 0.206. The van der Waals surface area contributed by atoms with E-state index in [1.165, 1.54) is 7.11 Å². The Morgan fingerprint density at radius 3 is 2.74 bits per heavy atom. The first-order valence-electron chi connectivity index (χ1n) is 7.96. The van der Waals surface area contributed by atoms with Crippen molar-refractivity contribution >= 4 is 17.6 Å². The van der Waals surface area contributed by atoms with Crippen LogP contribution in [0.1, 0.15) is 42.1 Å². The third-order valence-corrected chi connectivity index (χ3v) is 4.22. The molecule has 1 spiro atoms. The van der Waals surface area contributed by atoms with Crippen molar-refractivity contribution in [3.8, 4) is 0 Å². The van der Waals surface area contributed by atoms with Gasteiger partial charge in [0.15, 0.2) is 0 Å². The molecule has 124 valence electrons. The average Bonchev–Trinajstić information content (AvgIpc) is 2.81. The van der Waals surface area contributed by atoms with Crippen LogP contribution in [0.4, 0.5) is 5.69 Å². The Morgan fingerprint density at radius 2 is 2.09 bits per heavy atom. The fourth-order valence-electron chi connectivity index (χ4n) is 3.03. The number of unbranched alkanes of at least 4 members (excludes halogenated alkanes) is 1. The monoisotopic (exact) mass is 319 g/mol. The molecule has 0 saturated carbocycles. The number of esters is 1. The number of hydrogen-bond acceptors (Lipinski definition) is 5. The van der Waals surface area contributed by atoms with Crippen molar-refractivity contribution < 1.29 is 23.8 Å². The molecule has 6 heteroatoms. The van der Waals surface area contributed by atoms with E-state index in [1.54, 1.807) is 23.1 Å². The van der Waals surface area contributed by atoms with Crippen molar-refractivity contribution in [2.24, 2.45) is 0 Å². The predicted molar refractivity (Wildman–Crippen MR) is 83.2 cm³/mol. The second-order valence-electron chi connectivity index (χ2n) is 5.70. The van der Waals surface area contributed by atoms with E-state index in [1.807, 2.05) is 0 Å². The van der Waals surface area contributed by atoms with Gasteiger partial charge in [0.2, 0.25) is 0 Å². The zero-order valence-corrected chi connectivity index (χ0v) is 13.5. The first-order chi connectivity index (χ1) is 11.1. The van der Waals surface area contributed by atoms with E-state index in [0.717, 1.165) is 24.9 Å². The molecule has 0 unspecified atom stereocenters. The molecule has 1 amide bonds. The first-order valence-corrected chi connectivity index (χ1v) is 7.96. The van der Waals surface area contributed by atoms with Gasteiger partial charge in [0.05, 0.1) is 31.6 Å². The summed E-state index contributed by atoms with van der Waals surface area (Å²) in [6, 6.07) is 5.08. The van der Waals surface area contributed by atoms with Crippen molar-refractivity contribution in [3.63, 3.8) is 0 Å². The molecule has 1 fully saturated rings. The van der Waals surface area contributed by atoms with Gasteiger partial charge in [0.1, 0.15) is 0 Å². The van der Waals surface area contributed by atoms with E-state index in [4.69, 9.17) is 14.2 Å². The standard InChI is InChI=1S/C17H21NO5/c1-3-4-8-18-14-7-6-12(15(19)21-2)11-13(14)17(16(18)20)22-9-5-10-23-17/h6-7,11H,3-5,8-10H2,1-2H3. The number of methoxy groups -OCH3 is 1. The number of benzene rings is 1. The lowest BCUT2D eigenvalue weighted by atomic mass is 10.0. The highest BCUT2D eigenvalue weighted by molar-refractivity contribution is 6.07. The second-order valence-corrected chi connectivity index (χ2v) is 5.70. The SMILES string of the molecule is CCCCN1C(=O)C2(OCCCO2)c2cc(C(=O)OC)ccc21. The number of hydrogen-bond donors (Lipinski definition) is 0. The van der Waals surface area contributed by atoms with Gasteiger partial charge in [-0.3, -0.25) is 4.79 Å². The Kier molecular flexibility index (Phi) is 4.37. The van der Waals surface area contributed by atoms with Gasteiger partial charge < -0.3 is 19.1 Å². The third-order valence-electron chi connectivity index (χ3n) is 4.22. The molecule has 0 bridgehead atoms. The van der Waals surface area contributed by atoms with Crippen LogP contribution in [0.25, 0.3) is 0 Å². The van der Waals surface area contributed by atoms with Crippen LogP contribution in [0.2, 0.25) is 0 Å². The van der Waals surface area contributed by atoms with Crippen LogP contribution in [0.3, 0.4) is 0 Å². The molecular formula is C17H21NO5. The van der Waals surface area contributed by atoms with Crippen molar-refractivity contribution in [3.05, 3.63) is 29.3 Å². The number of amides is 1. The van der Waals surface area contributed by atoms with Crippen molar-refractivity contribution in [1.82, 2.24) is 0 Å². The van der Waals surface area contributed by atoms with Crippen LogP contribution in [-0.2, 0) is 24.8 Å². The Morgan fingerprint density at radius 1 is 1.35 bits per heavy atom. The minimum Gasteiger partial charge on any atom is -0.465 e. The Labute approximate surface area is 135 Å². The molecule has 1 aromatic carbocycles. The van der Waals surface area contributed by atoms with Crippen molar-refractivity contribution in [2.75, 3.05) is 31.8 Å². The van der Waals surface area contributed by atoms with E-state index >= 15 is 0 Å². The molecule has 23 heavy (non-hydrogen) atoms. The number of nitrogens with zero attached hydrogens (tertiary/aromatic N) is 1. The maximum atomic E-state index is 13.0. The van der Waals surface area contributed by atoms with Crippen LogP contribution < -0.4 is 4.90 Å².